The van der Waals surface area contributed by atoms with Crippen LogP contribution in [-0.2, 0) is 4.79 Å². The van der Waals surface area contributed by atoms with Gasteiger partial charge in [0.25, 0.3) is 0 Å². The quantitative estimate of drug-likeness (QED) is 0.523. The van der Waals surface area contributed by atoms with E-state index in [9.17, 15) is 4.79 Å². The molecule has 0 saturated heterocycles. The van der Waals surface area contributed by atoms with Crippen molar-refractivity contribution in [2.24, 2.45) is 5.92 Å². The lowest BCUT2D eigenvalue weighted by atomic mass is 10.2. The van der Waals surface area contributed by atoms with E-state index in [2.05, 4.69) is 17.6 Å². The van der Waals surface area contributed by atoms with Gasteiger partial charge in [0, 0.05) is 11.6 Å². The van der Waals surface area contributed by atoms with Gasteiger partial charge in [0.1, 0.15) is 5.75 Å². The molecule has 0 heterocycles. The molecule has 0 bridgehead atoms. The van der Waals surface area contributed by atoms with Crippen molar-refractivity contribution in [3.8, 4) is 5.75 Å². The van der Waals surface area contributed by atoms with E-state index in [1.54, 1.807) is 0 Å². The zero-order valence-corrected chi connectivity index (χ0v) is 14.6. The molecular weight excluding hydrogens is 308 g/mol. The predicted octanol–water partition coefficient (Wildman–Crippen LogP) is 4.26. The fourth-order valence-electron chi connectivity index (χ4n) is 2.25. The molecule has 126 valence electrons. The van der Waals surface area contributed by atoms with Crippen LogP contribution in [0, 0.1) is 5.92 Å². The van der Waals surface area contributed by atoms with Gasteiger partial charge in [-0.05, 0) is 55.7 Å². The zero-order chi connectivity index (χ0) is 16.5. The van der Waals surface area contributed by atoms with Crippen molar-refractivity contribution in [1.82, 2.24) is 5.32 Å². The van der Waals surface area contributed by atoms with Crippen LogP contribution in [0.3, 0.4) is 0 Å². The number of carbonyl (C=O) groups is 1. The van der Waals surface area contributed by atoms with Crippen molar-refractivity contribution in [3.05, 3.63) is 24.3 Å². The largest absolute Gasteiger partial charge is 0.494 e. The fourth-order valence-corrected chi connectivity index (χ4v) is 2.47. The van der Waals surface area contributed by atoms with Gasteiger partial charge in [-0.15, -0.1) is 0 Å². The normalized spacial score (nSPS) is 13.4. The van der Waals surface area contributed by atoms with E-state index in [1.165, 1.54) is 25.7 Å². The molecule has 0 unspecified atom stereocenters. The van der Waals surface area contributed by atoms with Crippen molar-refractivity contribution >= 4 is 28.9 Å². The first-order chi connectivity index (χ1) is 11.2. The van der Waals surface area contributed by atoms with E-state index in [4.69, 9.17) is 17.0 Å². The third-order valence-electron chi connectivity index (χ3n) is 3.81. The van der Waals surface area contributed by atoms with Gasteiger partial charge in [-0.2, -0.15) is 0 Å². The molecule has 0 atom stereocenters. The summed E-state index contributed by atoms with van der Waals surface area (Å²) < 4.78 is 5.72. The number of anilines is 1. The molecule has 0 aromatic heterocycles. The number of hydrogen-bond acceptors (Lipinski definition) is 3. The lowest BCUT2D eigenvalue weighted by Crippen LogP contribution is -2.35. The molecule has 0 radical (unpaired) electrons. The van der Waals surface area contributed by atoms with Gasteiger partial charge in [0.05, 0.1) is 6.61 Å². The SMILES string of the molecule is CCCCCCCOc1ccc(NC(=S)NC(=O)C2CC2)cc1. The van der Waals surface area contributed by atoms with Crippen molar-refractivity contribution in [2.75, 3.05) is 11.9 Å². The molecule has 1 saturated carbocycles. The van der Waals surface area contributed by atoms with E-state index in [0.29, 0.717) is 5.11 Å². The van der Waals surface area contributed by atoms with Crippen LogP contribution in [0.1, 0.15) is 51.9 Å². The second-order valence-electron chi connectivity index (χ2n) is 6.00. The maximum absolute atomic E-state index is 11.6. The molecule has 2 N–H and O–H groups in total. The minimum Gasteiger partial charge on any atom is -0.494 e. The molecule has 1 aliphatic rings. The zero-order valence-electron chi connectivity index (χ0n) is 13.8. The van der Waals surface area contributed by atoms with Crippen molar-refractivity contribution in [2.45, 2.75) is 51.9 Å². The molecule has 23 heavy (non-hydrogen) atoms. The molecular formula is C18H26N2O2S. The van der Waals surface area contributed by atoms with Crippen LogP contribution in [0.25, 0.3) is 0 Å². The number of unbranched alkanes of at least 4 members (excludes halogenated alkanes) is 4. The Balaban J connectivity index is 1.65. The Morgan fingerprint density at radius 3 is 2.52 bits per heavy atom. The van der Waals surface area contributed by atoms with Crippen LogP contribution >= 0.6 is 12.2 Å². The van der Waals surface area contributed by atoms with Crippen molar-refractivity contribution < 1.29 is 9.53 Å². The Labute approximate surface area is 144 Å². The summed E-state index contributed by atoms with van der Waals surface area (Å²) in [7, 11) is 0. The Morgan fingerprint density at radius 1 is 1.17 bits per heavy atom. The summed E-state index contributed by atoms with van der Waals surface area (Å²) >= 11 is 5.14. The lowest BCUT2D eigenvalue weighted by molar-refractivity contribution is -0.120. The van der Waals surface area contributed by atoms with Crippen LogP contribution < -0.4 is 15.4 Å². The number of ether oxygens (including phenoxy) is 1. The van der Waals surface area contributed by atoms with Crippen LogP contribution in [0.4, 0.5) is 5.69 Å². The number of carbonyl (C=O) groups excluding carboxylic acids is 1. The minimum absolute atomic E-state index is 0.0190. The molecule has 2 rings (SSSR count). The standard InChI is InChI=1S/C18H26N2O2S/c1-2-3-4-5-6-13-22-16-11-9-15(10-12-16)19-18(23)20-17(21)14-7-8-14/h9-12,14H,2-8,13H2,1H3,(H2,19,20,21,23). The maximum Gasteiger partial charge on any atom is 0.229 e. The highest BCUT2D eigenvalue weighted by atomic mass is 32.1. The lowest BCUT2D eigenvalue weighted by Gasteiger charge is -2.10. The molecule has 5 heteroatoms. The van der Waals surface area contributed by atoms with Gasteiger partial charge in [0.15, 0.2) is 5.11 Å². The summed E-state index contributed by atoms with van der Waals surface area (Å²) in [5.41, 5.74) is 0.849. The third-order valence-corrected chi connectivity index (χ3v) is 4.02. The Hall–Kier alpha value is -1.62. The van der Waals surface area contributed by atoms with Gasteiger partial charge in [-0.1, -0.05) is 32.6 Å². The van der Waals surface area contributed by atoms with Crippen molar-refractivity contribution in [3.63, 3.8) is 0 Å². The molecule has 1 amide bonds. The number of thiocarbonyl (C=S) groups is 1. The smallest absolute Gasteiger partial charge is 0.229 e. The molecule has 1 fully saturated rings. The van der Waals surface area contributed by atoms with Gasteiger partial charge < -0.3 is 15.4 Å². The predicted molar refractivity (Wildman–Crippen MR) is 97.8 cm³/mol. The summed E-state index contributed by atoms with van der Waals surface area (Å²) in [6, 6.07) is 7.64. The first-order valence-electron chi connectivity index (χ1n) is 8.53. The van der Waals surface area contributed by atoms with Gasteiger partial charge in [-0.3, -0.25) is 4.79 Å². The number of amides is 1. The summed E-state index contributed by atoms with van der Waals surface area (Å²) in [4.78, 5) is 11.6. The monoisotopic (exact) mass is 334 g/mol. The van der Waals surface area contributed by atoms with Crippen LogP contribution in [0.15, 0.2) is 24.3 Å². The third kappa shape index (κ3) is 6.99. The highest BCUT2D eigenvalue weighted by molar-refractivity contribution is 7.80. The highest BCUT2D eigenvalue weighted by Gasteiger charge is 2.29. The molecule has 0 aliphatic heterocycles. The van der Waals surface area contributed by atoms with Gasteiger partial charge in [-0.25, -0.2) is 0 Å². The van der Waals surface area contributed by atoms with Crippen LogP contribution in [-0.4, -0.2) is 17.6 Å². The Morgan fingerprint density at radius 2 is 1.87 bits per heavy atom. The summed E-state index contributed by atoms with van der Waals surface area (Å²) in [6.07, 6.45) is 8.11. The summed E-state index contributed by atoms with van der Waals surface area (Å²) in [6.45, 7) is 2.97. The van der Waals surface area contributed by atoms with Gasteiger partial charge >= 0.3 is 0 Å². The Kier molecular flexibility index (Phi) is 7.33. The first-order valence-corrected chi connectivity index (χ1v) is 8.94. The van der Waals surface area contributed by atoms with Crippen molar-refractivity contribution in [1.29, 1.82) is 0 Å². The van der Waals surface area contributed by atoms with Crippen LogP contribution in [0.2, 0.25) is 0 Å². The number of benzene rings is 1. The summed E-state index contributed by atoms with van der Waals surface area (Å²) in [5, 5.41) is 6.08. The molecule has 0 spiro atoms. The molecule has 1 aromatic carbocycles. The van der Waals surface area contributed by atoms with E-state index >= 15 is 0 Å². The molecule has 1 aliphatic carbocycles. The second kappa shape index (κ2) is 9.50. The van der Waals surface area contributed by atoms with E-state index in [-0.39, 0.29) is 11.8 Å². The number of rotatable bonds is 9. The fraction of sp³-hybridized carbons (Fsp3) is 0.556. The highest BCUT2D eigenvalue weighted by Crippen LogP contribution is 2.28. The molecule has 4 nitrogen and oxygen atoms in total. The number of nitrogens with one attached hydrogen (secondary N) is 2. The molecule has 1 aromatic rings. The average Bonchev–Trinajstić information content (AvgIpc) is 3.37. The summed E-state index contributed by atoms with van der Waals surface area (Å²) in [5.74, 6) is 1.03. The first kappa shape index (κ1) is 17.7. The van der Waals surface area contributed by atoms with Crippen LogP contribution in [0.5, 0.6) is 5.75 Å². The van der Waals surface area contributed by atoms with E-state index < -0.39 is 0 Å². The second-order valence-corrected chi connectivity index (χ2v) is 6.41. The average molecular weight is 334 g/mol. The van der Waals surface area contributed by atoms with E-state index in [1.807, 2.05) is 24.3 Å². The maximum atomic E-state index is 11.6. The van der Waals surface area contributed by atoms with E-state index in [0.717, 1.165) is 37.3 Å². The topological polar surface area (TPSA) is 50.4 Å². The number of hydrogen-bond donors (Lipinski definition) is 2. The van der Waals surface area contributed by atoms with Gasteiger partial charge in [0.2, 0.25) is 5.91 Å². The minimum atomic E-state index is 0.0190. The Bertz CT molecular complexity index is 512.